The number of imidazole rings is 1. The van der Waals surface area contributed by atoms with Crippen LogP contribution in [-0.2, 0) is 4.79 Å². The minimum absolute atomic E-state index is 0.0620. The number of benzene rings is 1. The number of nitrogens with one attached hydrogen (secondary N) is 1. The highest BCUT2D eigenvalue weighted by atomic mass is 32.2. The van der Waals surface area contributed by atoms with Gasteiger partial charge in [0.1, 0.15) is 0 Å². The summed E-state index contributed by atoms with van der Waals surface area (Å²) < 4.78 is 26.8. The zero-order valence-corrected chi connectivity index (χ0v) is 10.4. The maximum Gasteiger partial charge on any atom is 0.321 e. The SMILES string of the molecule is CNC(=O)CSc1nc2ccccc2n1C(F)F. The lowest BCUT2D eigenvalue weighted by atomic mass is 10.3. The minimum Gasteiger partial charge on any atom is -0.358 e. The van der Waals surface area contributed by atoms with Crippen molar-refractivity contribution in [3.63, 3.8) is 0 Å². The molecule has 0 bridgehead atoms. The molecule has 18 heavy (non-hydrogen) atoms. The molecule has 0 unspecified atom stereocenters. The summed E-state index contributed by atoms with van der Waals surface area (Å²) in [6.07, 6.45) is 0. The third-order valence-corrected chi connectivity index (χ3v) is 3.32. The minimum atomic E-state index is -2.68. The van der Waals surface area contributed by atoms with Crippen LogP contribution in [0.1, 0.15) is 6.55 Å². The quantitative estimate of drug-likeness (QED) is 0.868. The van der Waals surface area contributed by atoms with E-state index in [0.29, 0.717) is 11.0 Å². The molecule has 0 saturated heterocycles. The maximum absolute atomic E-state index is 13.0. The van der Waals surface area contributed by atoms with Gasteiger partial charge in [-0.2, -0.15) is 8.78 Å². The van der Waals surface area contributed by atoms with E-state index in [9.17, 15) is 13.6 Å². The van der Waals surface area contributed by atoms with Crippen LogP contribution in [0.25, 0.3) is 11.0 Å². The molecule has 0 atom stereocenters. The lowest BCUT2D eigenvalue weighted by Crippen LogP contribution is -2.20. The molecule has 4 nitrogen and oxygen atoms in total. The van der Waals surface area contributed by atoms with Gasteiger partial charge in [0, 0.05) is 7.05 Å². The van der Waals surface area contributed by atoms with Gasteiger partial charge in [0.15, 0.2) is 5.16 Å². The fraction of sp³-hybridized carbons (Fsp3) is 0.273. The zero-order chi connectivity index (χ0) is 13.1. The van der Waals surface area contributed by atoms with Gasteiger partial charge in [-0.05, 0) is 12.1 Å². The molecule has 0 saturated carbocycles. The predicted molar refractivity (Wildman–Crippen MR) is 65.8 cm³/mol. The fourth-order valence-electron chi connectivity index (χ4n) is 1.52. The monoisotopic (exact) mass is 271 g/mol. The van der Waals surface area contributed by atoms with Crippen LogP contribution in [0.3, 0.4) is 0 Å². The van der Waals surface area contributed by atoms with Gasteiger partial charge in [-0.3, -0.25) is 9.36 Å². The molecular weight excluding hydrogens is 260 g/mol. The molecule has 96 valence electrons. The third kappa shape index (κ3) is 2.45. The number of hydrogen-bond acceptors (Lipinski definition) is 3. The Bertz CT molecular complexity index is 570. The van der Waals surface area contributed by atoms with Crippen LogP contribution in [0.5, 0.6) is 0 Å². The smallest absolute Gasteiger partial charge is 0.321 e. The Morgan fingerprint density at radius 1 is 1.50 bits per heavy atom. The second-order valence-electron chi connectivity index (χ2n) is 3.49. The number of halogens is 2. The number of fused-ring (bicyclic) bond motifs is 1. The van der Waals surface area contributed by atoms with Crippen molar-refractivity contribution in [3.8, 4) is 0 Å². The first-order valence-electron chi connectivity index (χ1n) is 5.22. The van der Waals surface area contributed by atoms with Crippen LogP contribution in [0.2, 0.25) is 0 Å². The van der Waals surface area contributed by atoms with Crippen molar-refractivity contribution in [1.82, 2.24) is 14.9 Å². The molecule has 1 N–H and O–H groups in total. The van der Waals surface area contributed by atoms with E-state index in [1.54, 1.807) is 24.3 Å². The normalized spacial score (nSPS) is 11.1. The molecule has 1 aromatic heterocycles. The molecule has 0 radical (unpaired) electrons. The second kappa shape index (κ2) is 5.34. The predicted octanol–water partition coefficient (Wildman–Crippen LogP) is 2.27. The molecule has 0 aliphatic carbocycles. The molecule has 1 aromatic carbocycles. The Balaban J connectivity index is 2.37. The number of rotatable bonds is 4. The molecule has 0 aliphatic heterocycles. The Hall–Kier alpha value is -1.63. The number of carbonyl (C=O) groups is 1. The van der Waals surface area contributed by atoms with Gasteiger partial charge in [0.05, 0.1) is 16.8 Å². The first kappa shape index (κ1) is 12.8. The van der Waals surface area contributed by atoms with E-state index < -0.39 is 6.55 Å². The second-order valence-corrected chi connectivity index (χ2v) is 4.44. The standard InChI is InChI=1S/C11H11F2N3OS/c1-14-9(17)6-18-11-15-7-4-2-3-5-8(7)16(11)10(12)13/h2-5,10H,6H2,1H3,(H,14,17). The molecule has 0 spiro atoms. The Morgan fingerprint density at radius 3 is 2.89 bits per heavy atom. The highest BCUT2D eigenvalue weighted by Crippen LogP contribution is 2.28. The lowest BCUT2D eigenvalue weighted by molar-refractivity contribution is -0.118. The van der Waals surface area contributed by atoms with E-state index in [4.69, 9.17) is 0 Å². The van der Waals surface area contributed by atoms with Crippen molar-refractivity contribution >= 4 is 28.7 Å². The molecular formula is C11H11F2N3OS. The zero-order valence-electron chi connectivity index (χ0n) is 9.56. The Labute approximate surface area is 106 Å². The number of alkyl halides is 2. The van der Waals surface area contributed by atoms with Crippen molar-refractivity contribution in [2.24, 2.45) is 0 Å². The molecule has 0 aliphatic rings. The molecule has 1 heterocycles. The average molecular weight is 271 g/mol. The highest BCUT2D eigenvalue weighted by molar-refractivity contribution is 7.99. The van der Waals surface area contributed by atoms with Crippen molar-refractivity contribution in [2.45, 2.75) is 11.7 Å². The van der Waals surface area contributed by atoms with Crippen LogP contribution < -0.4 is 5.32 Å². The summed E-state index contributed by atoms with van der Waals surface area (Å²) in [6, 6.07) is 6.66. The maximum atomic E-state index is 13.0. The summed E-state index contributed by atoms with van der Waals surface area (Å²) >= 11 is 0.994. The number of thioether (sulfide) groups is 1. The summed E-state index contributed by atoms with van der Waals surface area (Å²) in [7, 11) is 1.50. The van der Waals surface area contributed by atoms with Gasteiger partial charge in [-0.15, -0.1) is 0 Å². The van der Waals surface area contributed by atoms with E-state index in [1.165, 1.54) is 7.05 Å². The van der Waals surface area contributed by atoms with Gasteiger partial charge in [0.25, 0.3) is 0 Å². The Morgan fingerprint density at radius 2 is 2.22 bits per heavy atom. The van der Waals surface area contributed by atoms with Gasteiger partial charge in [0.2, 0.25) is 5.91 Å². The van der Waals surface area contributed by atoms with Crippen molar-refractivity contribution in [3.05, 3.63) is 24.3 Å². The van der Waals surface area contributed by atoms with Crippen LogP contribution >= 0.6 is 11.8 Å². The van der Waals surface area contributed by atoms with Crippen molar-refractivity contribution in [1.29, 1.82) is 0 Å². The van der Waals surface area contributed by atoms with Gasteiger partial charge < -0.3 is 5.32 Å². The van der Waals surface area contributed by atoms with Crippen molar-refractivity contribution < 1.29 is 13.6 Å². The first-order chi connectivity index (χ1) is 8.63. The van der Waals surface area contributed by atoms with E-state index >= 15 is 0 Å². The van der Waals surface area contributed by atoms with E-state index in [1.807, 2.05) is 0 Å². The molecule has 1 amide bonds. The number of para-hydroxylation sites is 2. The molecule has 0 fully saturated rings. The van der Waals surface area contributed by atoms with Gasteiger partial charge in [-0.1, -0.05) is 23.9 Å². The summed E-state index contributed by atoms with van der Waals surface area (Å²) in [6.45, 7) is -2.68. The van der Waals surface area contributed by atoms with Crippen LogP contribution in [0.15, 0.2) is 29.4 Å². The van der Waals surface area contributed by atoms with Gasteiger partial charge in [-0.25, -0.2) is 4.98 Å². The van der Waals surface area contributed by atoms with Crippen LogP contribution in [0.4, 0.5) is 8.78 Å². The van der Waals surface area contributed by atoms with Crippen molar-refractivity contribution in [2.75, 3.05) is 12.8 Å². The number of amides is 1. The van der Waals surface area contributed by atoms with Crippen LogP contribution in [0, 0.1) is 0 Å². The molecule has 7 heteroatoms. The first-order valence-corrected chi connectivity index (χ1v) is 6.20. The molecule has 2 rings (SSSR count). The largest absolute Gasteiger partial charge is 0.358 e. The number of carbonyl (C=O) groups excluding carboxylic acids is 1. The topological polar surface area (TPSA) is 46.9 Å². The number of nitrogens with zero attached hydrogens (tertiary/aromatic N) is 2. The van der Waals surface area contributed by atoms with E-state index in [-0.39, 0.29) is 16.8 Å². The highest BCUT2D eigenvalue weighted by Gasteiger charge is 2.18. The summed E-state index contributed by atoms with van der Waals surface area (Å²) in [5, 5.41) is 2.58. The number of aromatic nitrogens is 2. The fourth-order valence-corrected chi connectivity index (χ4v) is 2.40. The average Bonchev–Trinajstić information content (AvgIpc) is 2.74. The van der Waals surface area contributed by atoms with Crippen LogP contribution in [-0.4, -0.2) is 28.3 Å². The summed E-state index contributed by atoms with van der Waals surface area (Å²) in [5.74, 6) is -0.167. The van der Waals surface area contributed by atoms with E-state index in [2.05, 4.69) is 10.3 Å². The lowest BCUT2D eigenvalue weighted by Gasteiger charge is -2.06. The van der Waals surface area contributed by atoms with E-state index in [0.717, 1.165) is 16.3 Å². The summed E-state index contributed by atoms with van der Waals surface area (Å²) in [4.78, 5) is 15.2. The third-order valence-electron chi connectivity index (χ3n) is 2.37. The Kier molecular flexibility index (Phi) is 3.81. The number of hydrogen-bond donors (Lipinski definition) is 1. The summed E-state index contributed by atoms with van der Waals surface area (Å²) in [5.41, 5.74) is 0.865. The van der Waals surface area contributed by atoms with Gasteiger partial charge >= 0.3 is 6.55 Å². The molecule has 2 aromatic rings.